The predicted octanol–water partition coefficient (Wildman–Crippen LogP) is 2.15. The second kappa shape index (κ2) is 10.1. The average Bonchev–Trinajstić information content (AvgIpc) is 2.62. The molecule has 2 amide bonds. The van der Waals surface area contributed by atoms with Crippen LogP contribution in [0, 0.1) is 3.57 Å². The van der Waals surface area contributed by atoms with Crippen molar-refractivity contribution in [2.24, 2.45) is 0 Å². The summed E-state index contributed by atoms with van der Waals surface area (Å²) < 4.78 is 0.929. The Balaban J connectivity index is 2.13. The lowest BCUT2D eigenvalue weighted by molar-refractivity contribution is -0.142. The summed E-state index contributed by atoms with van der Waals surface area (Å²) in [6, 6.07) is 14.7. The molecule has 2 aromatic rings. The Kier molecular flexibility index (Phi) is 7.78. The zero-order valence-corrected chi connectivity index (χ0v) is 17.0. The molecule has 6 nitrogen and oxygen atoms in total. The van der Waals surface area contributed by atoms with Crippen LogP contribution in [0.2, 0.25) is 0 Å². The molecule has 0 fully saturated rings. The maximum absolute atomic E-state index is 12.7. The van der Waals surface area contributed by atoms with E-state index in [1.807, 2.05) is 54.6 Å². The Morgan fingerprint density at radius 3 is 2.15 bits per heavy atom. The summed E-state index contributed by atoms with van der Waals surface area (Å²) in [6.45, 7) is 1.33. The van der Waals surface area contributed by atoms with Crippen molar-refractivity contribution in [1.82, 2.24) is 10.6 Å². The molecule has 142 valence electrons. The normalized spacial score (nSPS) is 12.7. The third-order valence-electron chi connectivity index (χ3n) is 3.97. The zero-order valence-electron chi connectivity index (χ0n) is 14.8. The lowest BCUT2D eigenvalue weighted by atomic mass is 10.0. The van der Waals surface area contributed by atoms with Gasteiger partial charge in [-0.05, 0) is 39.8 Å². The standard InChI is InChI=1S/C20H21IN2O4/c1-13(24)22-17(11-14-7-3-2-4-8-14)19(25)23-18(20(26)27)12-15-9-5-6-10-16(15)21/h2-10,17-18H,11-12H2,1H3,(H,22,24)(H,23,25)(H,26,27)/t17-,18+/m1/s1. The number of nitrogens with one attached hydrogen (secondary N) is 2. The Bertz CT molecular complexity index is 811. The van der Waals surface area contributed by atoms with Crippen molar-refractivity contribution in [1.29, 1.82) is 0 Å². The van der Waals surface area contributed by atoms with Gasteiger partial charge in [0, 0.05) is 23.3 Å². The smallest absolute Gasteiger partial charge is 0.326 e. The molecule has 0 spiro atoms. The number of carbonyl (C=O) groups excluding carboxylic acids is 2. The zero-order chi connectivity index (χ0) is 19.8. The molecular formula is C20H21IN2O4. The highest BCUT2D eigenvalue weighted by atomic mass is 127. The minimum absolute atomic E-state index is 0.165. The number of carbonyl (C=O) groups is 3. The molecule has 27 heavy (non-hydrogen) atoms. The highest BCUT2D eigenvalue weighted by molar-refractivity contribution is 14.1. The van der Waals surface area contributed by atoms with Crippen LogP contribution in [0.25, 0.3) is 0 Å². The summed E-state index contributed by atoms with van der Waals surface area (Å²) in [5.74, 6) is -1.99. The van der Waals surface area contributed by atoms with Gasteiger partial charge >= 0.3 is 5.97 Å². The Hall–Kier alpha value is -2.42. The van der Waals surface area contributed by atoms with Gasteiger partial charge in [0.15, 0.2) is 0 Å². The lowest BCUT2D eigenvalue weighted by Crippen LogP contribution is -2.52. The van der Waals surface area contributed by atoms with Gasteiger partial charge in [-0.3, -0.25) is 9.59 Å². The quantitative estimate of drug-likeness (QED) is 0.505. The monoisotopic (exact) mass is 480 g/mol. The van der Waals surface area contributed by atoms with Crippen LogP contribution in [0.15, 0.2) is 54.6 Å². The molecule has 0 aliphatic heterocycles. The number of hydrogen-bond donors (Lipinski definition) is 3. The van der Waals surface area contributed by atoms with Crippen LogP contribution in [0.5, 0.6) is 0 Å². The molecule has 0 saturated heterocycles. The second-order valence-electron chi connectivity index (χ2n) is 6.14. The van der Waals surface area contributed by atoms with E-state index in [9.17, 15) is 19.5 Å². The summed E-state index contributed by atoms with van der Waals surface area (Å²) in [5.41, 5.74) is 1.71. The molecule has 0 saturated carbocycles. The SMILES string of the molecule is CC(=O)N[C@H](Cc1ccccc1)C(=O)N[C@@H](Cc1ccccc1I)C(=O)O. The van der Waals surface area contributed by atoms with Gasteiger partial charge in [0.2, 0.25) is 11.8 Å². The van der Waals surface area contributed by atoms with Gasteiger partial charge in [-0.15, -0.1) is 0 Å². The molecular weight excluding hydrogens is 459 g/mol. The largest absolute Gasteiger partial charge is 0.480 e. The number of hydrogen-bond acceptors (Lipinski definition) is 3. The molecule has 0 heterocycles. The van der Waals surface area contributed by atoms with Crippen molar-refractivity contribution in [3.8, 4) is 0 Å². The van der Waals surface area contributed by atoms with Crippen molar-refractivity contribution in [3.63, 3.8) is 0 Å². The summed E-state index contributed by atoms with van der Waals surface area (Å²) in [4.78, 5) is 35.8. The molecule has 0 unspecified atom stereocenters. The van der Waals surface area contributed by atoms with E-state index in [1.54, 1.807) is 0 Å². The van der Waals surface area contributed by atoms with Crippen molar-refractivity contribution in [2.75, 3.05) is 0 Å². The number of amides is 2. The number of aliphatic carboxylic acids is 1. The summed E-state index contributed by atoms with van der Waals surface area (Å²) in [5, 5.41) is 14.7. The van der Waals surface area contributed by atoms with Gasteiger partial charge in [-0.1, -0.05) is 48.5 Å². The van der Waals surface area contributed by atoms with E-state index in [0.29, 0.717) is 0 Å². The van der Waals surface area contributed by atoms with Crippen molar-refractivity contribution in [2.45, 2.75) is 31.8 Å². The fourth-order valence-corrected chi connectivity index (χ4v) is 3.27. The molecule has 2 aromatic carbocycles. The molecule has 0 radical (unpaired) electrons. The summed E-state index contributed by atoms with van der Waals surface area (Å²) in [6.07, 6.45) is 0.444. The highest BCUT2D eigenvalue weighted by Gasteiger charge is 2.26. The van der Waals surface area contributed by atoms with Crippen LogP contribution in [0.1, 0.15) is 18.1 Å². The Morgan fingerprint density at radius 2 is 1.56 bits per heavy atom. The van der Waals surface area contributed by atoms with Gasteiger partial charge in [-0.25, -0.2) is 4.79 Å². The molecule has 3 N–H and O–H groups in total. The Morgan fingerprint density at radius 1 is 0.926 bits per heavy atom. The number of halogens is 1. The maximum atomic E-state index is 12.7. The summed E-state index contributed by atoms with van der Waals surface area (Å²) >= 11 is 2.13. The third kappa shape index (κ3) is 6.67. The first kappa shape index (κ1) is 20.9. The second-order valence-corrected chi connectivity index (χ2v) is 7.30. The number of benzene rings is 2. The number of rotatable bonds is 8. The van der Waals surface area contributed by atoms with Gasteiger partial charge in [-0.2, -0.15) is 0 Å². The van der Waals surface area contributed by atoms with Crippen LogP contribution >= 0.6 is 22.6 Å². The van der Waals surface area contributed by atoms with E-state index < -0.39 is 24.0 Å². The molecule has 0 bridgehead atoms. The highest BCUT2D eigenvalue weighted by Crippen LogP contribution is 2.14. The van der Waals surface area contributed by atoms with Crippen molar-refractivity contribution < 1.29 is 19.5 Å². The lowest BCUT2D eigenvalue weighted by Gasteiger charge is -2.21. The summed E-state index contributed by atoms with van der Waals surface area (Å²) in [7, 11) is 0. The van der Waals surface area contributed by atoms with Gasteiger partial charge in [0.25, 0.3) is 0 Å². The van der Waals surface area contributed by atoms with E-state index in [1.165, 1.54) is 6.92 Å². The van der Waals surface area contributed by atoms with E-state index in [4.69, 9.17) is 0 Å². The van der Waals surface area contributed by atoms with E-state index >= 15 is 0 Å². The van der Waals surface area contributed by atoms with Crippen molar-refractivity contribution in [3.05, 3.63) is 69.3 Å². The fourth-order valence-electron chi connectivity index (χ4n) is 2.66. The van der Waals surface area contributed by atoms with Gasteiger partial charge in [0.1, 0.15) is 12.1 Å². The first-order valence-corrected chi connectivity index (χ1v) is 9.52. The number of carboxylic acids is 1. The van der Waals surface area contributed by atoms with E-state index in [-0.39, 0.29) is 18.7 Å². The minimum Gasteiger partial charge on any atom is -0.480 e. The first-order chi connectivity index (χ1) is 12.9. The van der Waals surface area contributed by atoms with Crippen LogP contribution in [-0.4, -0.2) is 35.0 Å². The van der Waals surface area contributed by atoms with E-state index in [0.717, 1.165) is 14.7 Å². The topological polar surface area (TPSA) is 95.5 Å². The molecule has 7 heteroatoms. The molecule has 0 aromatic heterocycles. The first-order valence-electron chi connectivity index (χ1n) is 8.44. The van der Waals surface area contributed by atoms with Crippen LogP contribution in [0.3, 0.4) is 0 Å². The Labute approximate surface area is 171 Å². The minimum atomic E-state index is -1.12. The van der Waals surface area contributed by atoms with Crippen LogP contribution in [0.4, 0.5) is 0 Å². The maximum Gasteiger partial charge on any atom is 0.326 e. The fraction of sp³-hybridized carbons (Fsp3) is 0.250. The molecule has 2 rings (SSSR count). The molecule has 2 atom stereocenters. The van der Waals surface area contributed by atoms with Crippen LogP contribution in [-0.2, 0) is 27.2 Å². The molecule has 0 aliphatic carbocycles. The van der Waals surface area contributed by atoms with Crippen LogP contribution < -0.4 is 10.6 Å². The van der Waals surface area contributed by atoms with Gasteiger partial charge in [0.05, 0.1) is 0 Å². The van der Waals surface area contributed by atoms with Crippen molar-refractivity contribution >= 4 is 40.4 Å². The number of carboxylic acid groups (broad SMARTS) is 1. The third-order valence-corrected chi connectivity index (χ3v) is 5.03. The average molecular weight is 480 g/mol. The van der Waals surface area contributed by atoms with Gasteiger partial charge < -0.3 is 15.7 Å². The molecule has 0 aliphatic rings. The predicted molar refractivity (Wildman–Crippen MR) is 110 cm³/mol. The van der Waals surface area contributed by atoms with E-state index in [2.05, 4.69) is 33.2 Å².